The predicted molar refractivity (Wildman–Crippen MR) is 128 cm³/mol. The lowest BCUT2D eigenvalue weighted by molar-refractivity contribution is 0.242. The molecule has 0 unspecified atom stereocenters. The van der Waals surface area contributed by atoms with Gasteiger partial charge in [0.05, 0.1) is 6.10 Å². The van der Waals surface area contributed by atoms with Crippen LogP contribution < -0.4 is 15.4 Å². The Morgan fingerprint density at radius 2 is 1.93 bits per heavy atom. The third-order valence-corrected chi connectivity index (χ3v) is 4.32. The van der Waals surface area contributed by atoms with Crippen LogP contribution in [0, 0.1) is 0 Å². The molecule has 3 aromatic rings. The summed E-state index contributed by atoms with van der Waals surface area (Å²) in [6, 6.07) is 16.5. The van der Waals surface area contributed by atoms with E-state index < -0.39 is 0 Å². The minimum Gasteiger partial charge on any atom is -0.491 e. The average Bonchev–Trinajstić information content (AvgIpc) is 3.07. The molecule has 0 amide bonds. The van der Waals surface area contributed by atoms with Gasteiger partial charge in [-0.3, -0.25) is 4.99 Å². The Labute approximate surface area is 184 Å². The van der Waals surface area contributed by atoms with E-state index in [-0.39, 0.29) is 30.1 Å². The first-order valence-corrected chi connectivity index (χ1v) is 9.41. The first-order chi connectivity index (χ1) is 13.2. The molecule has 5 nitrogen and oxygen atoms in total. The second-order valence-corrected chi connectivity index (χ2v) is 6.78. The van der Waals surface area contributed by atoms with E-state index in [1.807, 2.05) is 32.0 Å². The summed E-state index contributed by atoms with van der Waals surface area (Å²) < 4.78 is 5.75. The smallest absolute Gasteiger partial charge is 0.191 e. The third-order valence-electron chi connectivity index (χ3n) is 4.32. The van der Waals surface area contributed by atoms with Crippen LogP contribution in [0.3, 0.4) is 0 Å². The van der Waals surface area contributed by atoms with Crippen molar-refractivity contribution in [2.45, 2.75) is 32.9 Å². The SMILES string of the molecule is CN=C(NCCc1c[nH]c2ccccc12)NCc1cccc(OC(C)C)c1.I. The van der Waals surface area contributed by atoms with Gasteiger partial charge in [-0.05, 0) is 49.6 Å². The van der Waals surface area contributed by atoms with Gasteiger partial charge in [0.1, 0.15) is 5.75 Å². The van der Waals surface area contributed by atoms with Crippen molar-refractivity contribution >= 4 is 40.8 Å². The molecule has 0 atom stereocenters. The Morgan fingerprint density at radius 3 is 2.71 bits per heavy atom. The number of halogens is 1. The number of para-hydroxylation sites is 1. The molecule has 3 N–H and O–H groups in total. The van der Waals surface area contributed by atoms with E-state index in [0.717, 1.165) is 30.2 Å². The largest absolute Gasteiger partial charge is 0.491 e. The number of rotatable bonds is 7. The summed E-state index contributed by atoms with van der Waals surface area (Å²) in [6.45, 7) is 5.58. The van der Waals surface area contributed by atoms with Gasteiger partial charge in [0, 0.05) is 37.2 Å². The molecule has 0 bridgehead atoms. The molecule has 0 aliphatic rings. The van der Waals surface area contributed by atoms with E-state index in [0.29, 0.717) is 6.54 Å². The maximum absolute atomic E-state index is 5.75. The van der Waals surface area contributed by atoms with Crippen LogP contribution in [0.4, 0.5) is 0 Å². The Morgan fingerprint density at radius 1 is 1.11 bits per heavy atom. The summed E-state index contributed by atoms with van der Waals surface area (Å²) in [5, 5.41) is 8.02. The van der Waals surface area contributed by atoms with Crippen molar-refractivity contribution in [3.05, 3.63) is 65.9 Å². The fraction of sp³-hybridized carbons (Fsp3) is 0.318. The zero-order chi connectivity index (χ0) is 19.1. The lowest BCUT2D eigenvalue weighted by Crippen LogP contribution is -2.37. The van der Waals surface area contributed by atoms with Crippen LogP contribution in [0.2, 0.25) is 0 Å². The molecule has 0 saturated carbocycles. The van der Waals surface area contributed by atoms with Crippen LogP contribution in [-0.4, -0.2) is 30.6 Å². The zero-order valence-electron chi connectivity index (χ0n) is 16.7. The van der Waals surface area contributed by atoms with E-state index in [4.69, 9.17) is 4.74 Å². The highest BCUT2D eigenvalue weighted by Crippen LogP contribution is 2.17. The van der Waals surface area contributed by atoms with E-state index in [1.165, 1.54) is 16.5 Å². The highest BCUT2D eigenvalue weighted by Gasteiger charge is 2.04. The highest BCUT2D eigenvalue weighted by atomic mass is 127. The van der Waals surface area contributed by atoms with Crippen molar-refractivity contribution in [3.63, 3.8) is 0 Å². The summed E-state index contributed by atoms with van der Waals surface area (Å²) >= 11 is 0. The lowest BCUT2D eigenvalue weighted by atomic mass is 10.1. The molecular formula is C22H29IN4O. The number of nitrogens with zero attached hydrogens (tertiary/aromatic N) is 1. The molecule has 3 rings (SSSR count). The first-order valence-electron chi connectivity index (χ1n) is 9.41. The number of ether oxygens (including phenoxy) is 1. The molecule has 6 heteroatoms. The van der Waals surface area contributed by atoms with Crippen molar-refractivity contribution in [2.75, 3.05) is 13.6 Å². The Balaban J connectivity index is 0.00000280. The Hall–Kier alpha value is -2.22. The number of guanidine groups is 1. The number of nitrogens with one attached hydrogen (secondary N) is 3. The van der Waals surface area contributed by atoms with Gasteiger partial charge in [-0.25, -0.2) is 0 Å². The maximum Gasteiger partial charge on any atom is 0.191 e. The second-order valence-electron chi connectivity index (χ2n) is 6.78. The molecule has 1 heterocycles. The van der Waals surface area contributed by atoms with Gasteiger partial charge in [-0.2, -0.15) is 0 Å². The molecule has 0 aliphatic heterocycles. The second kappa shape index (κ2) is 10.9. The van der Waals surface area contributed by atoms with E-state index in [9.17, 15) is 0 Å². The topological polar surface area (TPSA) is 61.4 Å². The molecule has 0 saturated heterocycles. The quantitative estimate of drug-likeness (QED) is 0.259. The molecule has 1 aromatic heterocycles. The number of H-pyrrole nitrogens is 1. The van der Waals surface area contributed by atoms with Crippen molar-refractivity contribution in [2.24, 2.45) is 4.99 Å². The normalized spacial score (nSPS) is 11.4. The monoisotopic (exact) mass is 492 g/mol. The number of aromatic amines is 1. The minimum absolute atomic E-state index is 0. The summed E-state index contributed by atoms with van der Waals surface area (Å²) in [5.74, 6) is 1.69. The molecular weight excluding hydrogens is 463 g/mol. The van der Waals surface area contributed by atoms with Crippen LogP contribution in [0.5, 0.6) is 5.75 Å². The van der Waals surface area contributed by atoms with Crippen molar-refractivity contribution in [1.29, 1.82) is 0 Å². The van der Waals surface area contributed by atoms with Gasteiger partial charge in [0.15, 0.2) is 5.96 Å². The van der Waals surface area contributed by atoms with Crippen LogP contribution in [0.25, 0.3) is 10.9 Å². The van der Waals surface area contributed by atoms with Gasteiger partial charge in [-0.1, -0.05) is 30.3 Å². The maximum atomic E-state index is 5.75. The lowest BCUT2D eigenvalue weighted by Gasteiger charge is -2.13. The van der Waals surface area contributed by atoms with E-state index in [1.54, 1.807) is 7.05 Å². The molecule has 0 fully saturated rings. The molecule has 0 aliphatic carbocycles. The van der Waals surface area contributed by atoms with Crippen LogP contribution in [0.1, 0.15) is 25.0 Å². The fourth-order valence-electron chi connectivity index (χ4n) is 3.06. The van der Waals surface area contributed by atoms with Gasteiger partial charge >= 0.3 is 0 Å². The summed E-state index contributed by atoms with van der Waals surface area (Å²) in [4.78, 5) is 7.63. The number of aromatic nitrogens is 1. The highest BCUT2D eigenvalue weighted by molar-refractivity contribution is 14.0. The van der Waals surface area contributed by atoms with Crippen LogP contribution in [0.15, 0.2) is 59.7 Å². The molecule has 150 valence electrons. The standard InChI is InChI=1S/C22H28N4O.HI/c1-16(2)27-19-8-6-7-17(13-19)14-26-22(23-3)24-12-11-18-15-25-21-10-5-4-9-20(18)21;/h4-10,13,15-16,25H,11-12,14H2,1-3H3,(H2,23,24,26);1H. The Bertz CT molecular complexity index is 904. The van der Waals surface area contributed by atoms with Gasteiger partial charge in [0.2, 0.25) is 0 Å². The number of hydrogen-bond donors (Lipinski definition) is 3. The molecule has 0 radical (unpaired) electrons. The number of fused-ring (bicyclic) bond motifs is 1. The van der Waals surface area contributed by atoms with E-state index >= 15 is 0 Å². The van der Waals surface area contributed by atoms with Gasteiger partial charge in [0.25, 0.3) is 0 Å². The van der Waals surface area contributed by atoms with Crippen molar-refractivity contribution < 1.29 is 4.74 Å². The summed E-state index contributed by atoms with van der Waals surface area (Å²) in [7, 11) is 1.79. The number of hydrogen-bond acceptors (Lipinski definition) is 2. The van der Waals surface area contributed by atoms with Crippen LogP contribution in [-0.2, 0) is 13.0 Å². The van der Waals surface area contributed by atoms with Crippen molar-refractivity contribution in [3.8, 4) is 5.75 Å². The molecule has 2 aromatic carbocycles. The zero-order valence-corrected chi connectivity index (χ0v) is 19.0. The van der Waals surface area contributed by atoms with Gasteiger partial charge in [-0.15, -0.1) is 24.0 Å². The minimum atomic E-state index is 0. The first kappa shape index (κ1) is 22.1. The predicted octanol–water partition coefficient (Wildman–Crippen LogP) is 4.48. The average molecular weight is 492 g/mol. The third kappa shape index (κ3) is 6.15. The summed E-state index contributed by atoms with van der Waals surface area (Å²) in [6.07, 6.45) is 3.19. The Kier molecular flexibility index (Phi) is 8.63. The number of aliphatic imine (C=N–C) groups is 1. The molecule has 0 spiro atoms. The fourth-order valence-corrected chi connectivity index (χ4v) is 3.06. The van der Waals surface area contributed by atoms with Gasteiger partial charge < -0.3 is 20.4 Å². The van der Waals surface area contributed by atoms with Crippen LogP contribution >= 0.6 is 24.0 Å². The number of benzene rings is 2. The molecule has 28 heavy (non-hydrogen) atoms. The van der Waals surface area contributed by atoms with E-state index in [2.05, 4.69) is 57.1 Å². The van der Waals surface area contributed by atoms with Crippen molar-refractivity contribution in [1.82, 2.24) is 15.6 Å². The summed E-state index contributed by atoms with van der Waals surface area (Å²) in [5.41, 5.74) is 3.65.